The standard InChI is InChI=1S/C4H3Cl2NO/c5-1-3-2-7-4(6)8-3/h2H,1H2. The van der Waals surface area contributed by atoms with Crippen LogP contribution in [0.1, 0.15) is 5.76 Å². The Bertz CT molecular complexity index is 174. The molecule has 0 spiro atoms. The average Bonchev–Trinajstić information content (AvgIpc) is 2.14. The van der Waals surface area contributed by atoms with Crippen LogP contribution >= 0.6 is 23.2 Å². The molecule has 8 heavy (non-hydrogen) atoms. The lowest BCUT2D eigenvalue weighted by molar-refractivity contribution is 0.524. The Morgan fingerprint density at radius 2 is 2.50 bits per heavy atom. The van der Waals surface area contributed by atoms with Gasteiger partial charge in [0.05, 0.1) is 12.1 Å². The van der Waals surface area contributed by atoms with Crippen molar-refractivity contribution in [2.24, 2.45) is 0 Å². The maximum absolute atomic E-state index is 5.35. The zero-order chi connectivity index (χ0) is 5.98. The SMILES string of the molecule is ClCc1cnc(Cl)o1. The molecule has 0 saturated heterocycles. The molecule has 1 rings (SSSR count). The highest BCUT2D eigenvalue weighted by atomic mass is 35.5. The molecule has 1 aromatic heterocycles. The summed E-state index contributed by atoms with van der Waals surface area (Å²) in [5.41, 5.74) is 0. The summed E-state index contributed by atoms with van der Waals surface area (Å²) in [6, 6.07) is 0. The van der Waals surface area contributed by atoms with E-state index in [-0.39, 0.29) is 5.35 Å². The Morgan fingerprint density at radius 1 is 1.75 bits per heavy atom. The van der Waals surface area contributed by atoms with E-state index in [2.05, 4.69) is 4.98 Å². The van der Waals surface area contributed by atoms with E-state index in [1.54, 1.807) is 0 Å². The zero-order valence-electron chi connectivity index (χ0n) is 3.90. The Labute approximate surface area is 56.4 Å². The monoisotopic (exact) mass is 151 g/mol. The Kier molecular flexibility index (Phi) is 1.76. The minimum Gasteiger partial charge on any atom is -0.432 e. The summed E-state index contributed by atoms with van der Waals surface area (Å²) in [6.45, 7) is 0. The van der Waals surface area contributed by atoms with Crippen molar-refractivity contribution in [3.05, 3.63) is 17.3 Å². The Balaban J connectivity index is 2.84. The summed E-state index contributed by atoms with van der Waals surface area (Å²) in [5.74, 6) is 0.913. The Morgan fingerprint density at radius 3 is 2.75 bits per heavy atom. The molecule has 44 valence electrons. The topological polar surface area (TPSA) is 26.0 Å². The lowest BCUT2D eigenvalue weighted by Gasteiger charge is -1.77. The fourth-order valence-electron chi connectivity index (χ4n) is 0.345. The number of oxazole rings is 1. The minimum absolute atomic E-state index is 0.139. The van der Waals surface area contributed by atoms with Gasteiger partial charge in [0.25, 0.3) is 5.35 Å². The van der Waals surface area contributed by atoms with Gasteiger partial charge in [-0.05, 0) is 11.6 Å². The highest BCUT2D eigenvalue weighted by Crippen LogP contribution is 2.09. The molecule has 4 heteroatoms. The molecule has 0 fully saturated rings. The van der Waals surface area contributed by atoms with Crippen molar-refractivity contribution in [1.29, 1.82) is 0 Å². The molecule has 0 aliphatic carbocycles. The van der Waals surface area contributed by atoms with E-state index >= 15 is 0 Å². The molecular weight excluding hydrogens is 149 g/mol. The van der Waals surface area contributed by atoms with Crippen molar-refractivity contribution >= 4 is 23.2 Å². The molecule has 0 amide bonds. The highest BCUT2D eigenvalue weighted by molar-refractivity contribution is 6.27. The van der Waals surface area contributed by atoms with Crippen LogP contribution < -0.4 is 0 Å². The second-order valence-electron chi connectivity index (χ2n) is 1.21. The van der Waals surface area contributed by atoms with Crippen molar-refractivity contribution in [2.45, 2.75) is 5.88 Å². The quantitative estimate of drug-likeness (QED) is 0.575. The summed E-state index contributed by atoms with van der Waals surface area (Å²) < 4.78 is 4.76. The van der Waals surface area contributed by atoms with Crippen LogP contribution in [0, 0.1) is 0 Å². The maximum Gasteiger partial charge on any atom is 0.292 e. The molecule has 1 heterocycles. The minimum atomic E-state index is 0.139. The van der Waals surface area contributed by atoms with Crippen LogP contribution in [-0.4, -0.2) is 4.98 Å². The highest BCUT2D eigenvalue weighted by Gasteiger charge is 1.96. The molecule has 2 nitrogen and oxygen atoms in total. The van der Waals surface area contributed by atoms with E-state index in [4.69, 9.17) is 27.6 Å². The van der Waals surface area contributed by atoms with E-state index in [1.807, 2.05) is 0 Å². The van der Waals surface area contributed by atoms with Crippen molar-refractivity contribution in [2.75, 3.05) is 0 Å². The molecule has 0 unspecified atom stereocenters. The van der Waals surface area contributed by atoms with Crippen LogP contribution in [0.5, 0.6) is 0 Å². The fraction of sp³-hybridized carbons (Fsp3) is 0.250. The Hall–Kier alpha value is -0.210. The number of hydrogen-bond acceptors (Lipinski definition) is 2. The number of alkyl halides is 1. The van der Waals surface area contributed by atoms with Gasteiger partial charge < -0.3 is 4.42 Å². The van der Waals surface area contributed by atoms with Gasteiger partial charge in [0.2, 0.25) is 0 Å². The van der Waals surface area contributed by atoms with Gasteiger partial charge >= 0.3 is 0 Å². The van der Waals surface area contributed by atoms with Crippen LogP contribution in [0.4, 0.5) is 0 Å². The number of halogens is 2. The van der Waals surface area contributed by atoms with E-state index < -0.39 is 0 Å². The third-order valence-electron chi connectivity index (χ3n) is 0.657. The third-order valence-corrected chi connectivity index (χ3v) is 1.10. The van der Waals surface area contributed by atoms with Gasteiger partial charge in [0, 0.05) is 0 Å². The fourth-order valence-corrected chi connectivity index (χ4v) is 0.617. The summed E-state index contributed by atoms with van der Waals surface area (Å²) in [7, 11) is 0. The summed E-state index contributed by atoms with van der Waals surface area (Å²) in [6.07, 6.45) is 1.50. The van der Waals surface area contributed by atoms with Crippen LogP contribution in [0.25, 0.3) is 0 Å². The van der Waals surface area contributed by atoms with Crippen LogP contribution in [-0.2, 0) is 5.88 Å². The van der Waals surface area contributed by atoms with Gasteiger partial charge in [-0.1, -0.05) is 0 Å². The lowest BCUT2D eigenvalue weighted by atomic mass is 10.6. The van der Waals surface area contributed by atoms with Crippen LogP contribution in [0.15, 0.2) is 10.6 Å². The predicted octanol–water partition coefficient (Wildman–Crippen LogP) is 2.07. The van der Waals surface area contributed by atoms with Crippen LogP contribution in [0.2, 0.25) is 5.35 Å². The molecule has 0 bridgehead atoms. The first-order valence-electron chi connectivity index (χ1n) is 1.99. The van der Waals surface area contributed by atoms with E-state index in [0.29, 0.717) is 11.6 Å². The zero-order valence-corrected chi connectivity index (χ0v) is 5.41. The van der Waals surface area contributed by atoms with Gasteiger partial charge in [-0.2, -0.15) is 0 Å². The summed E-state index contributed by atoms with van der Waals surface area (Å²) in [4.78, 5) is 3.60. The smallest absolute Gasteiger partial charge is 0.292 e. The molecule has 0 N–H and O–H groups in total. The first kappa shape index (κ1) is 5.92. The number of rotatable bonds is 1. The third kappa shape index (κ3) is 1.14. The first-order chi connectivity index (χ1) is 3.83. The molecular formula is C4H3Cl2NO. The number of hydrogen-bond donors (Lipinski definition) is 0. The maximum atomic E-state index is 5.35. The van der Waals surface area contributed by atoms with E-state index in [0.717, 1.165) is 0 Å². The second-order valence-corrected chi connectivity index (χ2v) is 1.80. The molecule has 0 aromatic carbocycles. The average molecular weight is 152 g/mol. The largest absolute Gasteiger partial charge is 0.432 e. The van der Waals surface area contributed by atoms with Gasteiger partial charge in [-0.3, -0.25) is 0 Å². The van der Waals surface area contributed by atoms with Gasteiger partial charge in [0.1, 0.15) is 5.76 Å². The van der Waals surface area contributed by atoms with Crippen molar-refractivity contribution in [3.8, 4) is 0 Å². The van der Waals surface area contributed by atoms with Crippen molar-refractivity contribution in [3.63, 3.8) is 0 Å². The van der Waals surface area contributed by atoms with E-state index in [9.17, 15) is 0 Å². The number of nitrogens with zero attached hydrogens (tertiary/aromatic N) is 1. The molecule has 0 radical (unpaired) electrons. The van der Waals surface area contributed by atoms with Gasteiger partial charge in [-0.15, -0.1) is 11.6 Å². The second kappa shape index (κ2) is 2.37. The molecule has 0 atom stereocenters. The lowest BCUT2D eigenvalue weighted by Crippen LogP contribution is -1.63. The first-order valence-corrected chi connectivity index (χ1v) is 2.90. The summed E-state index contributed by atoms with van der Waals surface area (Å²) in [5, 5.41) is 0.139. The van der Waals surface area contributed by atoms with Crippen LogP contribution in [0.3, 0.4) is 0 Å². The van der Waals surface area contributed by atoms with E-state index in [1.165, 1.54) is 6.20 Å². The predicted molar refractivity (Wildman–Crippen MR) is 31.1 cm³/mol. The number of aromatic nitrogens is 1. The van der Waals surface area contributed by atoms with Gasteiger partial charge in [-0.25, -0.2) is 4.98 Å². The molecule has 0 saturated carbocycles. The molecule has 1 aromatic rings. The van der Waals surface area contributed by atoms with Gasteiger partial charge in [0.15, 0.2) is 0 Å². The summed E-state index contributed by atoms with van der Waals surface area (Å²) >= 11 is 10.7. The van der Waals surface area contributed by atoms with Crippen molar-refractivity contribution < 1.29 is 4.42 Å². The normalized spacial score (nSPS) is 9.75. The van der Waals surface area contributed by atoms with Crippen molar-refractivity contribution in [1.82, 2.24) is 4.98 Å². The molecule has 0 aliphatic heterocycles. The molecule has 0 aliphatic rings.